The van der Waals surface area contributed by atoms with Crippen LogP contribution >= 0.6 is 0 Å². The Morgan fingerprint density at radius 2 is 1.94 bits per heavy atom. The summed E-state index contributed by atoms with van der Waals surface area (Å²) in [7, 11) is 0. The van der Waals surface area contributed by atoms with Gasteiger partial charge in [0.1, 0.15) is 0 Å². The maximum atomic E-state index is 4.35. The first-order chi connectivity index (χ1) is 7.49. The Labute approximate surface area is 97.4 Å². The van der Waals surface area contributed by atoms with Gasteiger partial charge in [-0.1, -0.05) is 13.8 Å². The summed E-state index contributed by atoms with van der Waals surface area (Å²) in [5.74, 6) is 0.626. The number of pyridine rings is 1. The Hall–Kier alpha value is -1.47. The molecule has 0 fully saturated rings. The molecule has 0 bridgehead atoms. The summed E-state index contributed by atoms with van der Waals surface area (Å²) in [5.41, 5.74) is 0.740. The van der Waals surface area contributed by atoms with E-state index in [2.05, 4.69) is 48.7 Å². The van der Waals surface area contributed by atoms with E-state index in [1.165, 1.54) is 0 Å². The van der Waals surface area contributed by atoms with Crippen LogP contribution in [0.15, 0.2) is 34.5 Å². The minimum Gasteiger partial charge on any atom is -0.265 e. The maximum Gasteiger partial charge on any atom is 0.0954 e. The minimum absolute atomic E-state index is 0.0926. The molecule has 86 valence electrons. The molecule has 0 spiro atoms. The predicted molar refractivity (Wildman–Crippen MR) is 67.3 cm³/mol. The summed E-state index contributed by atoms with van der Waals surface area (Å²) in [4.78, 5) is 12.4. The van der Waals surface area contributed by atoms with E-state index < -0.39 is 0 Å². The van der Waals surface area contributed by atoms with Gasteiger partial charge in [0.05, 0.1) is 17.2 Å². The second-order valence-electron chi connectivity index (χ2n) is 4.94. The molecule has 3 heteroatoms. The molecule has 1 aromatic rings. The lowest BCUT2D eigenvalue weighted by molar-refractivity contribution is 0.404. The normalized spacial score (nSPS) is 11.1. The van der Waals surface area contributed by atoms with E-state index >= 15 is 0 Å². The van der Waals surface area contributed by atoms with Crippen molar-refractivity contribution in [3.63, 3.8) is 0 Å². The number of rotatable bonds is 4. The van der Waals surface area contributed by atoms with Crippen LogP contribution in [0.3, 0.4) is 0 Å². The second-order valence-corrected chi connectivity index (χ2v) is 4.94. The first-order valence-electron chi connectivity index (χ1n) is 5.57. The van der Waals surface area contributed by atoms with Gasteiger partial charge in [0.2, 0.25) is 0 Å². The summed E-state index contributed by atoms with van der Waals surface area (Å²) in [5, 5.41) is 0. The highest BCUT2D eigenvalue weighted by molar-refractivity contribution is 5.52. The van der Waals surface area contributed by atoms with Crippen LogP contribution in [0, 0.1) is 5.92 Å². The van der Waals surface area contributed by atoms with Gasteiger partial charge in [-0.25, -0.2) is 4.99 Å². The summed E-state index contributed by atoms with van der Waals surface area (Å²) in [6, 6.07) is 6.43. The van der Waals surface area contributed by atoms with Crippen LogP contribution in [0.5, 0.6) is 0 Å². The molecule has 0 aliphatic heterocycles. The Balaban J connectivity index is 2.69. The van der Waals surface area contributed by atoms with Crippen molar-refractivity contribution in [2.45, 2.75) is 39.7 Å². The molecule has 0 aliphatic rings. The Morgan fingerprint density at radius 3 is 2.50 bits per heavy atom. The van der Waals surface area contributed by atoms with Gasteiger partial charge in [0.25, 0.3) is 0 Å². The third-order valence-electron chi connectivity index (χ3n) is 2.10. The lowest BCUT2D eigenvalue weighted by Crippen LogP contribution is -2.18. The Bertz CT molecular complexity index is 373. The number of hydrogen-bond donors (Lipinski definition) is 0. The van der Waals surface area contributed by atoms with Gasteiger partial charge >= 0.3 is 0 Å². The minimum atomic E-state index is -0.0926. The van der Waals surface area contributed by atoms with Gasteiger partial charge < -0.3 is 0 Å². The van der Waals surface area contributed by atoms with Crippen LogP contribution < -0.4 is 0 Å². The zero-order chi connectivity index (χ0) is 12.0. The van der Waals surface area contributed by atoms with E-state index in [0.717, 1.165) is 12.1 Å². The van der Waals surface area contributed by atoms with E-state index in [4.69, 9.17) is 0 Å². The van der Waals surface area contributed by atoms with Crippen molar-refractivity contribution in [3.05, 3.63) is 24.5 Å². The average molecular weight is 217 g/mol. The van der Waals surface area contributed by atoms with Crippen molar-refractivity contribution in [2.75, 3.05) is 0 Å². The Kier molecular flexibility index (Phi) is 4.39. The van der Waals surface area contributed by atoms with Crippen molar-refractivity contribution in [3.8, 4) is 0 Å². The monoisotopic (exact) mass is 217 g/mol. The van der Waals surface area contributed by atoms with Gasteiger partial charge in [-0.2, -0.15) is 4.99 Å². The van der Waals surface area contributed by atoms with Crippen LogP contribution in [0.25, 0.3) is 0 Å². The molecular weight excluding hydrogens is 198 g/mol. The van der Waals surface area contributed by atoms with Gasteiger partial charge in [-0.05, 0) is 38.3 Å². The molecule has 1 aromatic heterocycles. The highest BCUT2D eigenvalue weighted by Gasteiger charge is 2.16. The fourth-order valence-corrected chi connectivity index (χ4v) is 1.68. The first-order valence-corrected chi connectivity index (χ1v) is 5.57. The van der Waals surface area contributed by atoms with Gasteiger partial charge in [-0.15, -0.1) is 0 Å². The van der Waals surface area contributed by atoms with Crippen LogP contribution in [-0.4, -0.2) is 16.5 Å². The topological polar surface area (TPSA) is 37.6 Å². The quantitative estimate of drug-likeness (QED) is 0.708. The number of aromatic nitrogens is 1. The van der Waals surface area contributed by atoms with Crippen molar-refractivity contribution >= 4 is 11.7 Å². The molecule has 0 aliphatic carbocycles. The Morgan fingerprint density at radius 1 is 1.31 bits per heavy atom. The van der Waals surface area contributed by atoms with Crippen LogP contribution in [0.1, 0.15) is 34.1 Å². The molecule has 0 saturated carbocycles. The standard InChI is InChI=1S/C13H19N3/c1-11(2)9-13(3,4)16-10-15-12-5-7-14-8-6-12/h5-8,11H,9H2,1-4H3. The van der Waals surface area contributed by atoms with Crippen molar-refractivity contribution in [1.29, 1.82) is 0 Å². The molecule has 0 N–H and O–H groups in total. The third kappa shape index (κ3) is 4.85. The fraction of sp³-hybridized carbons (Fsp3) is 0.538. The average Bonchev–Trinajstić information content (AvgIpc) is 2.16. The maximum absolute atomic E-state index is 4.35. The van der Waals surface area contributed by atoms with E-state index in [1.807, 2.05) is 12.1 Å². The SMILES string of the molecule is CC(C)CC(C)(C)N=C=Nc1ccncc1. The van der Waals surface area contributed by atoms with Crippen LogP contribution in [0.2, 0.25) is 0 Å². The molecule has 0 amide bonds. The molecule has 0 unspecified atom stereocenters. The van der Waals surface area contributed by atoms with Crippen LogP contribution in [0.4, 0.5) is 5.69 Å². The molecule has 0 aromatic carbocycles. The summed E-state index contributed by atoms with van der Waals surface area (Å²) in [6.45, 7) is 8.58. The van der Waals surface area contributed by atoms with Crippen molar-refractivity contribution < 1.29 is 0 Å². The summed E-state index contributed by atoms with van der Waals surface area (Å²) >= 11 is 0. The van der Waals surface area contributed by atoms with E-state index in [9.17, 15) is 0 Å². The summed E-state index contributed by atoms with van der Waals surface area (Å²) < 4.78 is 0. The highest BCUT2D eigenvalue weighted by Crippen LogP contribution is 2.19. The second kappa shape index (κ2) is 5.57. The third-order valence-corrected chi connectivity index (χ3v) is 2.10. The zero-order valence-electron chi connectivity index (χ0n) is 10.4. The number of nitrogens with zero attached hydrogens (tertiary/aromatic N) is 3. The lowest BCUT2D eigenvalue weighted by atomic mass is 9.94. The number of aliphatic imine (C=N–C) groups is 2. The zero-order valence-corrected chi connectivity index (χ0v) is 10.4. The first kappa shape index (κ1) is 12.6. The van der Waals surface area contributed by atoms with E-state index in [1.54, 1.807) is 12.4 Å². The number of hydrogen-bond acceptors (Lipinski definition) is 3. The smallest absolute Gasteiger partial charge is 0.0954 e. The van der Waals surface area contributed by atoms with Crippen molar-refractivity contribution in [2.24, 2.45) is 15.9 Å². The predicted octanol–water partition coefficient (Wildman–Crippen LogP) is 3.71. The molecule has 1 rings (SSSR count). The molecule has 3 nitrogen and oxygen atoms in total. The molecule has 1 heterocycles. The van der Waals surface area contributed by atoms with E-state index in [-0.39, 0.29) is 5.54 Å². The largest absolute Gasteiger partial charge is 0.265 e. The molecule has 0 saturated heterocycles. The van der Waals surface area contributed by atoms with Crippen LogP contribution in [-0.2, 0) is 0 Å². The van der Waals surface area contributed by atoms with Gasteiger partial charge in [-0.3, -0.25) is 4.98 Å². The van der Waals surface area contributed by atoms with Crippen molar-refractivity contribution in [1.82, 2.24) is 4.98 Å². The fourth-order valence-electron chi connectivity index (χ4n) is 1.68. The summed E-state index contributed by atoms with van der Waals surface area (Å²) in [6.07, 6.45) is 4.45. The van der Waals surface area contributed by atoms with E-state index in [0.29, 0.717) is 5.92 Å². The highest BCUT2D eigenvalue weighted by atomic mass is 14.9. The lowest BCUT2D eigenvalue weighted by Gasteiger charge is -2.19. The van der Waals surface area contributed by atoms with Gasteiger partial charge in [0, 0.05) is 12.4 Å². The molecule has 16 heavy (non-hydrogen) atoms. The van der Waals surface area contributed by atoms with Gasteiger partial charge in [0.15, 0.2) is 0 Å². The molecule has 0 radical (unpaired) electrons. The molecular formula is C13H19N3. The molecule has 0 atom stereocenters.